The molecule has 2 aromatic heterocycles. The van der Waals surface area contributed by atoms with E-state index >= 15 is 0 Å². The first-order valence-corrected chi connectivity index (χ1v) is 5.79. The Morgan fingerprint density at radius 3 is 2.50 bits per heavy atom. The molecule has 0 aliphatic heterocycles. The van der Waals surface area contributed by atoms with Gasteiger partial charge in [0, 0.05) is 11.6 Å². The number of aromatic nitrogens is 3. The molecule has 18 heavy (non-hydrogen) atoms. The smallest absolute Gasteiger partial charge is 0.277 e. The van der Waals surface area contributed by atoms with Crippen LogP contribution in [0.5, 0.6) is 0 Å². The number of pyridine rings is 1. The van der Waals surface area contributed by atoms with Gasteiger partial charge in [0.05, 0.1) is 16.9 Å². The number of hydrogen-bond donors (Lipinski definition) is 1. The minimum atomic E-state index is -4.42. The number of fused-ring (bicyclic) bond motifs is 1. The molecule has 98 valence electrons. The van der Waals surface area contributed by atoms with Gasteiger partial charge in [-0.15, -0.1) is 0 Å². The van der Waals surface area contributed by atoms with Crippen molar-refractivity contribution in [3.8, 4) is 0 Å². The highest BCUT2D eigenvalue weighted by atomic mass is 19.4. The molecule has 0 saturated heterocycles. The molecule has 0 radical (unpaired) electrons. The van der Waals surface area contributed by atoms with Gasteiger partial charge in [-0.3, -0.25) is 10.1 Å². The third kappa shape index (κ3) is 1.95. The van der Waals surface area contributed by atoms with E-state index in [1.807, 2.05) is 13.8 Å². The Kier molecular flexibility index (Phi) is 3.04. The molecule has 3 nitrogen and oxygen atoms in total. The molecule has 0 bridgehead atoms. The van der Waals surface area contributed by atoms with E-state index in [2.05, 4.69) is 15.2 Å². The van der Waals surface area contributed by atoms with Crippen molar-refractivity contribution in [2.24, 2.45) is 0 Å². The summed E-state index contributed by atoms with van der Waals surface area (Å²) < 4.78 is 39.3. The molecule has 0 atom stereocenters. The number of H-pyrrole nitrogens is 1. The van der Waals surface area contributed by atoms with Gasteiger partial charge in [0.15, 0.2) is 0 Å². The van der Waals surface area contributed by atoms with Crippen molar-refractivity contribution in [2.45, 2.75) is 39.3 Å². The van der Waals surface area contributed by atoms with Gasteiger partial charge in [-0.1, -0.05) is 20.8 Å². The van der Waals surface area contributed by atoms with E-state index in [1.54, 1.807) is 6.92 Å². The summed E-state index contributed by atoms with van der Waals surface area (Å²) in [5.74, 6) is 0.0501. The Labute approximate surface area is 102 Å². The lowest BCUT2D eigenvalue weighted by atomic mass is 10.0. The fourth-order valence-electron chi connectivity index (χ4n) is 2.05. The van der Waals surface area contributed by atoms with Crippen LogP contribution < -0.4 is 0 Å². The van der Waals surface area contributed by atoms with E-state index in [0.29, 0.717) is 11.1 Å². The van der Waals surface area contributed by atoms with Crippen LogP contribution in [0.3, 0.4) is 0 Å². The summed E-state index contributed by atoms with van der Waals surface area (Å²) >= 11 is 0. The third-order valence-corrected chi connectivity index (χ3v) is 2.89. The Hall–Kier alpha value is -1.59. The largest absolute Gasteiger partial charge is 0.420 e. The molecule has 0 amide bonds. The SMILES string of the molecule is CCc1ncc2c(C(C)C)n[nH]c2c1C(F)(F)F. The maximum absolute atomic E-state index is 13.1. The molecular formula is C12H14F3N3. The minimum absolute atomic E-state index is 0.0399. The maximum Gasteiger partial charge on any atom is 0.420 e. The lowest BCUT2D eigenvalue weighted by molar-refractivity contribution is -0.137. The van der Waals surface area contributed by atoms with E-state index in [1.165, 1.54) is 6.20 Å². The van der Waals surface area contributed by atoms with Gasteiger partial charge in [0.1, 0.15) is 5.56 Å². The lowest BCUT2D eigenvalue weighted by Crippen LogP contribution is -2.11. The van der Waals surface area contributed by atoms with Crippen LogP contribution in [0, 0.1) is 0 Å². The van der Waals surface area contributed by atoms with Crippen LogP contribution in [-0.2, 0) is 12.6 Å². The highest BCUT2D eigenvalue weighted by Crippen LogP contribution is 2.37. The highest BCUT2D eigenvalue weighted by molar-refractivity contribution is 5.85. The van der Waals surface area contributed by atoms with Gasteiger partial charge >= 0.3 is 6.18 Å². The number of halogens is 3. The number of nitrogens with zero attached hydrogens (tertiary/aromatic N) is 2. The van der Waals surface area contributed by atoms with Gasteiger partial charge in [-0.2, -0.15) is 18.3 Å². The molecule has 2 rings (SSSR count). The molecule has 0 aliphatic carbocycles. The lowest BCUT2D eigenvalue weighted by Gasteiger charge is -2.12. The van der Waals surface area contributed by atoms with Crippen LogP contribution in [0.1, 0.15) is 43.6 Å². The first-order valence-electron chi connectivity index (χ1n) is 5.79. The van der Waals surface area contributed by atoms with Crippen molar-refractivity contribution in [3.05, 3.63) is 23.1 Å². The van der Waals surface area contributed by atoms with E-state index < -0.39 is 11.7 Å². The van der Waals surface area contributed by atoms with Gasteiger partial charge in [-0.25, -0.2) is 0 Å². The molecule has 0 spiro atoms. The van der Waals surface area contributed by atoms with E-state index in [-0.39, 0.29) is 23.5 Å². The number of aromatic amines is 1. The van der Waals surface area contributed by atoms with Crippen LogP contribution >= 0.6 is 0 Å². The minimum Gasteiger partial charge on any atom is -0.277 e. The molecule has 0 saturated carbocycles. The Morgan fingerprint density at radius 1 is 1.33 bits per heavy atom. The average Bonchev–Trinajstić information content (AvgIpc) is 2.69. The predicted octanol–water partition coefficient (Wildman–Crippen LogP) is 3.66. The fourth-order valence-corrected chi connectivity index (χ4v) is 2.05. The number of nitrogens with one attached hydrogen (secondary N) is 1. The van der Waals surface area contributed by atoms with Gasteiger partial charge in [0.25, 0.3) is 0 Å². The monoisotopic (exact) mass is 257 g/mol. The third-order valence-electron chi connectivity index (χ3n) is 2.89. The fraction of sp³-hybridized carbons (Fsp3) is 0.500. The number of alkyl halides is 3. The molecule has 0 aliphatic rings. The van der Waals surface area contributed by atoms with Crippen LogP contribution in [0.2, 0.25) is 0 Å². The first kappa shape index (κ1) is 12.9. The van der Waals surface area contributed by atoms with Crippen LogP contribution in [-0.4, -0.2) is 15.2 Å². The van der Waals surface area contributed by atoms with Crippen LogP contribution in [0.4, 0.5) is 13.2 Å². The van der Waals surface area contributed by atoms with E-state index in [9.17, 15) is 13.2 Å². The summed E-state index contributed by atoms with van der Waals surface area (Å²) in [5, 5.41) is 6.94. The Morgan fingerprint density at radius 2 is 2.00 bits per heavy atom. The number of hydrogen-bond acceptors (Lipinski definition) is 2. The topological polar surface area (TPSA) is 41.6 Å². The molecule has 1 N–H and O–H groups in total. The van der Waals surface area contributed by atoms with E-state index in [0.717, 1.165) is 0 Å². The second kappa shape index (κ2) is 4.26. The molecule has 2 aromatic rings. The quantitative estimate of drug-likeness (QED) is 0.892. The van der Waals surface area contributed by atoms with Crippen molar-refractivity contribution in [2.75, 3.05) is 0 Å². The zero-order chi connectivity index (χ0) is 13.5. The van der Waals surface area contributed by atoms with Crippen molar-refractivity contribution in [1.82, 2.24) is 15.2 Å². The standard InChI is InChI=1S/C12H14F3N3/c1-4-8-9(12(13,14)15)11-7(5-16-8)10(6(2)3)17-18-11/h5-6H,4H2,1-3H3,(H,17,18). The molecule has 6 heteroatoms. The zero-order valence-corrected chi connectivity index (χ0v) is 10.4. The number of rotatable bonds is 2. The number of aryl methyl sites for hydroxylation is 1. The van der Waals surface area contributed by atoms with Crippen molar-refractivity contribution >= 4 is 10.9 Å². The van der Waals surface area contributed by atoms with Crippen LogP contribution in [0.15, 0.2) is 6.20 Å². The van der Waals surface area contributed by atoms with Gasteiger partial charge in [0.2, 0.25) is 0 Å². The summed E-state index contributed by atoms with van der Waals surface area (Å²) in [5.41, 5.74) is 0.0135. The molecule has 2 heterocycles. The summed E-state index contributed by atoms with van der Waals surface area (Å²) in [6.45, 7) is 5.43. The molecule has 0 aromatic carbocycles. The van der Waals surface area contributed by atoms with Crippen LogP contribution in [0.25, 0.3) is 10.9 Å². The summed E-state index contributed by atoms with van der Waals surface area (Å²) in [6, 6.07) is 0. The maximum atomic E-state index is 13.1. The zero-order valence-electron chi connectivity index (χ0n) is 10.4. The molecule has 0 unspecified atom stereocenters. The van der Waals surface area contributed by atoms with E-state index in [4.69, 9.17) is 0 Å². The van der Waals surface area contributed by atoms with Crippen molar-refractivity contribution < 1.29 is 13.2 Å². The van der Waals surface area contributed by atoms with Crippen molar-refractivity contribution in [1.29, 1.82) is 0 Å². The predicted molar refractivity (Wildman–Crippen MR) is 62.4 cm³/mol. The summed E-state index contributed by atoms with van der Waals surface area (Å²) in [4.78, 5) is 3.93. The summed E-state index contributed by atoms with van der Waals surface area (Å²) in [7, 11) is 0. The Balaban J connectivity index is 2.80. The normalized spacial score (nSPS) is 12.6. The first-order chi connectivity index (χ1) is 8.36. The molecule has 0 fully saturated rings. The van der Waals surface area contributed by atoms with Gasteiger partial charge < -0.3 is 0 Å². The summed E-state index contributed by atoms with van der Waals surface area (Å²) in [6.07, 6.45) is -2.71. The Bertz CT molecular complexity index is 570. The van der Waals surface area contributed by atoms with Gasteiger partial charge in [-0.05, 0) is 12.3 Å². The van der Waals surface area contributed by atoms with Crippen molar-refractivity contribution in [3.63, 3.8) is 0 Å². The second-order valence-corrected chi connectivity index (χ2v) is 4.48. The highest BCUT2D eigenvalue weighted by Gasteiger charge is 2.37. The average molecular weight is 257 g/mol. The molecular weight excluding hydrogens is 243 g/mol. The second-order valence-electron chi connectivity index (χ2n) is 4.48.